The van der Waals surface area contributed by atoms with Crippen molar-refractivity contribution in [3.05, 3.63) is 29.8 Å². The predicted octanol–water partition coefficient (Wildman–Crippen LogP) is 3.05. The Bertz CT molecular complexity index is 564. The summed E-state index contributed by atoms with van der Waals surface area (Å²) in [6, 6.07) is 7.93. The maximum Gasteiger partial charge on any atom is 0.255 e. The van der Waals surface area contributed by atoms with E-state index < -0.39 is 5.91 Å². The zero-order valence-corrected chi connectivity index (χ0v) is 18.6. The summed E-state index contributed by atoms with van der Waals surface area (Å²) in [4.78, 5) is 15.1. The van der Waals surface area contributed by atoms with Gasteiger partial charge in [-0.25, -0.2) is 0 Å². The summed E-state index contributed by atoms with van der Waals surface area (Å²) in [5, 5.41) is 6.71. The molecular weight excluding hydrogens is 443 g/mol. The molecule has 0 aliphatic carbocycles. The molecule has 0 bridgehead atoms. The number of nitrogens with two attached hydrogens (primary N) is 1. The predicted molar refractivity (Wildman–Crippen MR) is 118 cm³/mol. The van der Waals surface area contributed by atoms with Crippen molar-refractivity contribution in [3.63, 3.8) is 0 Å². The number of carbonyl (C=O) groups excluding carboxylic acids is 1. The fourth-order valence-corrected chi connectivity index (χ4v) is 2.42. The minimum absolute atomic E-state index is 0. The molecule has 6 nitrogen and oxygen atoms in total. The van der Waals surface area contributed by atoms with E-state index in [4.69, 9.17) is 10.5 Å². The van der Waals surface area contributed by atoms with Crippen LogP contribution in [0.4, 0.5) is 0 Å². The largest absolute Gasteiger partial charge is 0.484 e. The average molecular weight is 476 g/mol. The van der Waals surface area contributed by atoms with Crippen LogP contribution in [0.3, 0.4) is 0 Å². The van der Waals surface area contributed by atoms with Gasteiger partial charge >= 0.3 is 0 Å². The number of benzene rings is 1. The molecule has 0 heterocycles. The SMILES string of the molecule is CN=C(NCc1cccc(OCC(N)=O)c1)NC(C)CCCC(C)C.I. The summed E-state index contributed by atoms with van der Waals surface area (Å²) >= 11 is 0. The van der Waals surface area contributed by atoms with Gasteiger partial charge in [-0.1, -0.05) is 38.8 Å². The van der Waals surface area contributed by atoms with E-state index in [1.807, 2.05) is 18.2 Å². The molecule has 0 fully saturated rings. The van der Waals surface area contributed by atoms with Gasteiger partial charge in [-0.3, -0.25) is 9.79 Å². The number of hydrogen-bond acceptors (Lipinski definition) is 3. The number of carbonyl (C=O) groups is 1. The third kappa shape index (κ3) is 11.2. The van der Waals surface area contributed by atoms with Gasteiger partial charge in [-0.05, 0) is 37.0 Å². The standard InChI is InChI=1S/C19H32N4O2.HI/c1-14(2)7-5-8-15(3)23-19(21-4)22-12-16-9-6-10-17(11-16)25-13-18(20)24;/h6,9-11,14-15H,5,7-8,12-13H2,1-4H3,(H2,20,24)(H2,21,22,23);1H. The first kappa shape index (κ1) is 24.5. The number of primary amides is 1. The Morgan fingerprint density at radius 2 is 2.00 bits per heavy atom. The fourth-order valence-electron chi connectivity index (χ4n) is 2.42. The molecule has 1 amide bonds. The van der Waals surface area contributed by atoms with Gasteiger partial charge in [-0.15, -0.1) is 24.0 Å². The molecule has 1 atom stereocenters. The highest BCUT2D eigenvalue weighted by Gasteiger charge is 2.06. The lowest BCUT2D eigenvalue weighted by atomic mass is 10.0. The highest BCUT2D eigenvalue weighted by molar-refractivity contribution is 14.0. The Hall–Kier alpha value is -1.51. The molecule has 0 spiro atoms. The van der Waals surface area contributed by atoms with Crippen LogP contribution in [0.5, 0.6) is 5.75 Å². The van der Waals surface area contributed by atoms with Crippen molar-refractivity contribution < 1.29 is 9.53 Å². The van der Waals surface area contributed by atoms with Crippen LogP contribution in [-0.4, -0.2) is 31.6 Å². The van der Waals surface area contributed by atoms with Crippen LogP contribution in [-0.2, 0) is 11.3 Å². The number of nitrogens with zero attached hydrogens (tertiary/aromatic N) is 1. The average Bonchev–Trinajstić information content (AvgIpc) is 2.56. The van der Waals surface area contributed by atoms with Gasteiger partial charge in [0.1, 0.15) is 5.75 Å². The Kier molecular flexibility index (Phi) is 12.9. The molecule has 148 valence electrons. The van der Waals surface area contributed by atoms with Crippen LogP contribution in [0.25, 0.3) is 0 Å². The molecule has 0 saturated carbocycles. The smallest absolute Gasteiger partial charge is 0.255 e. The quantitative estimate of drug-likeness (QED) is 0.275. The maximum atomic E-state index is 10.8. The van der Waals surface area contributed by atoms with Crippen molar-refractivity contribution >= 4 is 35.8 Å². The second-order valence-electron chi connectivity index (χ2n) is 6.70. The summed E-state index contributed by atoms with van der Waals surface area (Å²) in [7, 11) is 1.77. The van der Waals surface area contributed by atoms with Crippen molar-refractivity contribution in [1.29, 1.82) is 0 Å². The molecule has 4 N–H and O–H groups in total. The third-order valence-electron chi connectivity index (χ3n) is 3.76. The molecule has 0 saturated heterocycles. The Balaban J connectivity index is 0.00000625. The fraction of sp³-hybridized carbons (Fsp3) is 0.579. The number of amides is 1. The molecule has 1 rings (SSSR count). The highest BCUT2D eigenvalue weighted by Crippen LogP contribution is 2.13. The van der Waals surface area contributed by atoms with E-state index in [0.717, 1.165) is 23.9 Å². The Morgan fingerprint density at radius 3 is 2.62 bits per heavy atom. The van der Waals surface area contributed by atoms with Crippen molar-refractivity contribution in [1.82, 2.24) is 10.6 Å². The third-order valence-corrected chi connectivity index (χ3v) is 3.76. The highest BCUT2D eigenvalue weighted by atomic mass is 127. The number of ether oxygens (including phenoxy) is 1. The number of halogens is 1. The van der Waals surface area contributed by atoms with Gasteiger partial charge in [0.15, 0.2) is 12.6 Å². The molecular formula is C19H33IN4O2. The Labute approximate surface area is 174 Å². The minimum atomic E-state index is -0.486. The zero-order chi connectivity index (χ0) is 18.7. The minimum Gasteiger partial charge on any atom is -0.484 e. The zero-order valence-electron chi connectivity index (χ0n) is 16.2. The molecule has 0 aromatic heterocycles. The first-order valence-corrected chi connectivity index (χ1v) is 8.88. The van der Waals surface area contributed by atoms with E-state index >= 15 is 0 Å². The molecule has 0 aliphatic rings. The molecule has 1 aromatic carbocycles. The molecule has 1 unspecified atom stereocenters. The monoisotopic (exact) mass is 476 g/mol. The van der Waals surface area contributed by atoms with E-state index in [2.05, 4.69) is 36.4 Å². The van der Waals surface area contributed by atoms with Gasteiger partial charge < -0.3 is 21.1 Å². The summed E-state index contributed by atoms with van der Waals surface area (Å²) < 4.78 is 5.32. The lowest BCUT2D eigenvalue weighted by Crippen LogP contribution is -2.41. The van der Waals surface area contributed by atoms with Crippen molar-refractivity contribution in [2.24, 2.45) is 16.6 Å². The number of rotatable bonds is 10. The second kappa shape index (κ2) is 13.7. The van der Waals surface area contributed by atoms with Crippen LogP contribution >= 0.6 is 24.0 Å². The lowest BCUT2D eigenvalue weighted by Gasteiger charge is -2.18. The second-order valence-corrected chi connectivity index (χ2v) is 6.70. The first-order chi connectivity index (χ1) is 11.9. The summed E-state index contributed by atoms with van der Waals surface area (Å²) in [5.74, 6) is 1.66. The van der Waals surface area contributed by atoms with Gasteiger partial charge in [0.25, 0.3) is 5.91 Å². The maximum absolute atomic E-state index is 10.8. The summed E-state index contributed by atoms with van der Waals surface area (Å²) in [5.41, 5.74) is 6.13. The van der Waals surface area contributed by atoms with Crippen molar-refractivity contribution in [3.8, 4) is 5.75 Å². The van der Waals surface area contributed by atoms with Crippen molar-refractivity contribution in [2.45, 2.75) is 52.6 Å². The summed E-state index contributed by atoms with van der Waals surface area (Å²) in [6.45, 7) is 7.17. The van der Waals surface area contributed by atoms with E-state index in [0.29, 0.717) is 18.3 Å². The van der Waals surface area contributed by atoms with E-state index in [-0.39, 0.29) is 30.6 Å². The molecule has 7 heteroatoms. The van der Waals surface area contributed by atoms with E-state index in [9.17, 15) is 4.79 Å². The Morgan fingerprint density at radius 1 is 1.27 bits per heavy atom. The molecule has 0 aliphatic heterocycles. The van der Waals surface area contributed by atoms with Gasteiger partial charge in [0, 0.05) is 19.6 Å². The topological polar surface area (TPSA) is 88.7 Å². The van der Waals surface area contributed by atoms with Gasteiger partial charge in [0.05, 0.1) is 0 Å². The molecule has 0 radical (unpaired) electrons. The number of aliphatic imine (C=N–C) groups is 1. The van der Waals surface area contributed by atoms with Gasteiger partial charge in [0.2, 0.25) is 0 Å². The number of nitrogens with one attached hydrogen (secondary N) is 2. The first-order valence-electron chi connectivity index (χ1n) is 8.88. The van der Waals surface area contributed by atoms with Gasteiger partial charge in [-0.2, -0.15) is 0 Å². The van der Waals surface area contributed by atoms with E-state index in [1.165, 1.54) is 12.8 Å². The molecule has 1 aromatic rings. The van der Waals surface area contributed by atoms with Crippen LogP contribution in [0.1, 0.15) is 45.6 Å². The van der Waals surface area contributed by atoms with Crippen LogP contribution in [0.2, 0.25) is 0 Å². The summed E-state index contributed by atoms with van der Waals surface area (Å²) in [6.07, 6.45) is 3.58. The number of guanidine groups is 1. The normalized spacial score (nSPS) is 12.3. The van der Waals surface area contributed by atoms with Crippen molar-refractivity contribution in [2.75, 3.05) is 13.7 Å². The lowest BCUT2D eigenvalue weighted by molar-refractivity contribution is -0.119. The molecule has 26 heavy (non-hydrogen) atoms. The van der Waals surface area contributed by atoms with Crippen LogP contribution in [0.15, 0.2) is 29.3 Å². The van der Waals surface area contributed by atoms with Crippen LogP contribution in [0, 0.1) is 5.92 Å². The number of hydrogen-bond donors (Lipinski definition) is 3. The van der Waals surface area contributed by atoms with E-state index in [1.54, 1.807) is 13.1 Å². The van der Waals surface area contributed by atoms with Crippen LogP contribution < -0.4 is 21.1 Å².